The van der Waals surface area contributed by atoms with Crippen molar-refractivity contribution in [2.45, 2.75) is 13.3 Å². The first kappa shape index (κ1) is 17.8. The zero-order chi connectivity index (χ0) is 16.8. The minimum atomic E-state index is 0.550. The number of hydrogen-bond donors (Lipinski definition) is 2. The number of benzene rings is 1. The first-order valence-electron chi connectivity index (χ1n) is 7.40. The van der Waals surface area contributed by atoms with Gasteiger partial charge in [0.2, 0.25) is 0 Å². The average Bonchev–Trinajstić information content (AvgIpc) is 2.46. The van der Waals surface area contributed by atoms with Gasteiger partial charge in [0.1, 0.15) is 17.5 Å². The second kappa shape index (κ2) is 8.34. The van der Waals surface area contributed by atoms with Crippen molar-refractivity contribution < 1.29 is 0 Å². The van der Waals surface area contributed by atoms with Crippen molar-refractivity contribution in [3.05, 3.63) is 40.1 Å². The van der Waals surface area contributed by atoms with Gasteiger partial charge in [0, 0.05) is 17.6 Å². The molecule has 0 aliphatic rings. The van der Waals surface area contributed by atoms with Crippen molar-refractivity contribution in [3.63, 3.8) is 0 Å². The Morgan fingerprint density at radius 2 is 1.83 bits per heavy atom. The number of halogens is 2. The van der Waals surface area contributed by atoms with E-state index in [4.69, 9.17) is 23.2 Å². The predicted molar refractivity (Wildman–Crippen MR) is 98.2 cm³/mol. The fourth-order valence-electron chi connectivity index (χ4n) is 2.06. The summed E-state index contributed by atoms with van der Waals surface area (Å²) < 4.78 is 0. The molecular formula is C16H21Cl2N5. The third-order valence-corrected chi connectivity index (χ3v) is 3.67. The van der Waals surface area contributed by atoms with Crippen LogP contribution in [-0.2, 0) is 0 Å². The van der Waals surface area contributed by atoms with E-state index in [9.17, 15) is 0 Å². The number of nitrogens with one attached hydrogen (secondary N) is 2. The monoisotopic (exact) mass is 353 g/mol. The summed E-state index contributed by atoms with van der Waals surface area (Å²) in [4.78, 5) is 10.9. The third-order valence-electron chi connectivity index (χ3n) is 3.12. The van der Waals surface area contributed by atoms with Crippen LogP contribution in [0.1, 0.15) is 12.2 Å². The second-order valence-corrected chi connectivity index (χ2v) is 6.36. The van der Waals surface area contributed by atoms with Crippen LogP contribution in [0.15, 0.2) is 24.3 Å². The summed E-state index contributed by atoms with van der Waals surface area (Å²) in [5.41, 5.74) is 0.757. The van der Waals surface area contributed by atoms with Gasteiger partial charge in [0.15, 0.2) is 0 Å². The van der Waals surface area contributed by atoms with Gasteiger partial charge in [-0.25, -0.2) is 9.97 Å². The number of nitrogens with zero attached hydrogens (tertiary/aromatic N) is 3. The summed E-state index contributed by atoms with van der Waals surface area (Å²) in [6.07, 6.45) is 1.04. The Bertz CT molecular complexity index is 661. The Morgan fingerprint density at radius 1 is 1.09 bits per heavy atom. The zero-order valence-electron chi connectivity index (χ0n) is 13.5. The van der Waals surface area contributed by atoms with E-state index < -0.39 is 0 Å². The molecular weight excluding hydrogens is 333 g/mol. The van der Waals surface area contributed by atoms with Crippen molar-refractivity contribution in [2.24, 2.45) is 0 Å². The smallest absolute Gasteiger partial charge is 0.136 e. The lowest BCUT2D eigenvalue weighted by molar-refractivity contribution is 0.405. The van der Waals surface area contributed by atoms with Gasteiger partial charge in [-0.15, -0.1) is 0 Å². The molecule has 1 heterocycles. The largest absolute Gasteiger partial charge is 0.370 e. The molecule has 0 saturated carbocycles. The highest BCUT2D eigenvalue weighted by Crippen LogP contribution is 2.28. The standard InChI is InChI=1S/C16H21Cl2N5/c1-11-20-15(19-7-4-8-23(2)3)10-16(21-11)22-14-6-5-12(17)9-13(14)18/h5-6,9-10H,4,7-8H2,1-3H3,(H2,19,20,21,22). The van der Waals surface area contributed by atoms with Crippen molar-refractivity contribution >= 4 is 40.5 Å². The maximum Gasteiger partial charge on any atom is 0.136 e. The van der Waals surface area contributed by atoms with Crippen LogP contribution in [0.3, 0.4) is 0 Å². The van der Waals surface area contributed by atoms with Gasteiger partial charge in [-0.1, -0.05) is 23.2 Å². The topological polar surface area (TPSA) is 53.1 Å². The van der Waals surface area contributed by atoms with Crippen LogP contribution in [0.25, 0.3) is 0 Å². The highest BCUT2D eigenvalue weighted by Gasteiger charge is 2.06. The first-order valence-corrected chi connectivity index (χ1v) is 8.16. The molecule has 0 fully saturated rings. The molecule has 7 heteroatoms. The Kier molecular flexibility index (Phi) is 6.45. The Balaban J connectivity index is 2.04. The number of anilines is 3. The van der Waals surface area contributed by atoms with Crippen molar-refractivity contribution in [3.8, 4) is 0 Å². The maximum absolute atomic E-state index is 6.18. The van der Waals surface area contributed by atoms with E-state index >= 15 is 0 Å². The molecule has 1 aromatic carbocycles. The van der Waals surface area contributed by atoms with Crippen LogP contribution in [0.2, 0.25) is 10.0 Å². The molecule has 0 spiro atoms. The lowest BCUT2D eigenvalue weighted by atomic mass is 10.3. The van der Waals surface area contributed by atoms with Crippen molar-refractivity contribution in [1.82, 2.24) is 14.9 Å². The molecule has 0 aliphatic carbocycles. The highest BCUT2D eigenvalue weighted by molar-refractivity contribution is 6.36. The molecule has 0 saturated heterocycles. The second-order valence-electron chi connectivity index (χ2n) is 5.52. The van der Waals surface area contributed by atoms with Crippen LogP contribution >= 0.6 is 23.2 Å². The molecule has 0 aliphatic heterocycles. The summed E-state index contributed by atoms with van der Waals surface area (Å²) >= 11 is 12.1. The zero-order valence-corrected chi connectivity index (χ0v) is 15.0. The summed E-state index contributed by atoms with van der Waals surface area (Å²) in [6.45, 7) is 3.75. The van der Waals surface area contributed by atoms with Gasteiger partial charge in [-0.05, 0) is 52.2 Å². The van der Waals surface area contributed by atoms with Crippen LogP contribution in [0.5, 0.6) is 0 Å². The van der Waals surface area contributed by atoms with Crippen molar-refractivity contribution in [1.29, 1.82) is 0 Å². The predicted octanol–water partition coefficient (Wildman–Crippen LogP) is 4.20. The maximum atomic E-state index is 6.18. The Labute approximate surface area is 147 Å². The Morgan fingerprint density at radius 3 is 2.52 bits per heavy atom. The molecule has 0 atom stereocenters. The SMILES string of the molecule is Cc1nc(NCCCN(C)C)cc(Nc2ccc(Cl)cc2Cl)n1. The van der Waals surface area contributed by atoms with Gasteiger partial charge >= 0.3 is 0 Å². The fraction of sp³-hybridized carbons (Fsp3) is 0.375. The van der Waals surface area contributed by atoms with Gasteiger partial charge in [-0.2, -0.15) is 0 Å². The molecule has 2 rings (SSSR count). The minimum Gasteiger partial charge on any atom is -0.370 e. The minimum absolute atomic E-state index is 0.550. The molecule has 0 unspecified atom stereocenters. The quantitative estimate of drug-likeness (QED) is 0.730. The van der Waals surface area contributed by atoms with Crippen molar-refractivity contribution in [2.75, 3.05) is 37.8 Å². The third kappa shape index (κ3) is 5.86. The molecule has 124 valence electrons. The van der Waals surface area contributed by atoms with Crippen LogP contribution in [-0.4, -0.2) is 42.1 Å². The molecule has 23 heavy (non-hydrogen) atoms. The first-order chi connectivity index (χ1) is 10.9. The summed E-state index contributed by atoms with van der Waals surface area (Å²) in [5, 5.41) is 7.67. The number of aryl methyl sites for hydroxylation is 1. The van der Waals surface area contributed by atoms with E-state index in [1.165, 1.54) is 0 Å². The summed E-state index contributed by atoms with van der Waals surface area (Å²) in [7, 11) is 4.12. The molecule has 2 aromatic rings. The molecule has 2 N–H and O–H groups in total. The average molecular weight is 354 g/mol. The highest BCUT2D eigenvalue weighted by atomic mass is 35.5. The Hall–Kier alpha value is -1.56. The van der Waals surface area contributed by atoms with E-state index in [-0.39, 0.29) is 0 Å². The number of hydrogen-bond acceptors (Lipinski definition) is 5. The van der Waals surface area contributed by atoms with Gasteiger partial charge in [-0.3, -0.25) is 0 Å². The summed E-state index contributed by atoms with van der Waals surface area (Å²) in [6, 6.07) is 7.17. The van der Waals surface area contributed by atoms with Gasteiger partial charge < -0.3 is 15.5 Å². The van der Waals surface area contributed by atoms with Gasteiger partial charge in [0.05, 0.1) is 10.7 Å². The summed E-state index contributed by atoms with van der Waals surface area (Å²) in [5.74, 6) is 2.18. The molecule has 0 radical (unpaired) electrons. The molecule has 1 aromatic heterocycles. The fourth-order valence-corrected chi connectivity index (χ4v) is 2.52. The van der Waals surface area contributed by atoms with Crippen LogP contribution < -0.4 is 10.6 Å². The van der Waals surface area contributed by atoms with E-state index in [1.807, 2.05) is 19.1 Å². The van der Waals surface area contributed by atoms with E-state index in [0.717, 1.165) is 31.0 Å². The van der Waals surface area contributed by atoms with E-state index in [2.05, 4.69) is 39.6 Å². The normalized spacial score (nSPS) is 10.9. The molecule has 0 amide bonds. The van der Waals surface area contributed by atoms with Gasteiger partial charge in [0.25, 0.3) is 0 Å². The van der Waals surface area contributed by atoms with Crippen LogP contribution in [0.4, 0.5) is 17.3 Å². The number of aromatic nitrogens is 2. The number of rotatable bonds is 7. The lowest BCUT2D eigenvalue weighted by Gasteiger charge is -2.12. The van der Waals surface area contributed by atoms with Crippen LogP contribution in [0, 0.1) is 6.92 Å². The van der Waals surface area contributed by atoms with E-state index in [1.54, 1.807) is 12.1 Å². The van der Waals surface area contributed by atoms with E-state index in [0.29, 0.717) is 21.7 Å². The molecule has 0 bridgehead atoms. The lowest BCUT2D eigenvalue weighted by Crippen LogP contribution is -2.16. The molecule has 5 nitrogen and oxygen atoms in total.